The highest BCUT2D eigenvalue weighted by molar-refractivity contribution is 5.98. The van der Waals surface area contributed by atoms with E-state index in [1.54, 1.807) is 18.3 Å². The Kier molecular flexibility index (Phi) is 5.14. The fraction of sp³-hybridized carbons (Fsp3) is 0.650. The van der Waals surface area contributed by atoms with Crippen molar-refractivity contribution in [2.24, 2.45) is 5.92 Å². The van der Waals surface area contributed by atoms with Gasteiger partial charge in [-0.2, -0.15) is 0 Å². The number of hydrogen-bond acceptors (Lipinski definition) is 5. The Morgan fingerprint density at radius 2 is 1.85 bits per heavy atom. The van der Waals surface area contributed by atoms with Gasteiger partial charge in [0, 0.05) is 50.8 Å². The van der Waals surface area contributed by atoms with Gasteiger partial charge in [-0.1, -0.05) is 6.92 Å². The molecule has 0 aliphatic carbocycles. The van der Waals surface area contributed by atoms with Crippen LogP contribution in [-0.4, -0.2) is 71.8 Å². The third-order valence-corrected chi connectivity index (χ3v) is 5.80. The summed E-state index contributed by atoms with van der Waals surface area (Å²) in [6.45, 7) is 6.11. The number of likely N-dealkylation sites (tertiary alicyclic amines) is 2. The summed E-state index contributed by atoms with van der Waals surface area (Å²) in [4.78, 5) is 33.6. The van der Waals surface area contributed by atoms with Crippen LogP contribution in [0.1, 0.15) is 53.5 Å². The quantitative estimate of drug-likeness (QED) is 0.792. The van der Waals surface area contributed by atoms with E-state index >= 15 is 0 Å². The van der Waals surface area contributed by atoms with Crippen LogP contribution in [0.3, 0.4) is 0 Å². The molecule has 0 bridgehead atoms. The van der Waals surface area contributed by atoms with Gasteiger partial charge >= 0.3 is 0 Å². The van der Waals surface area contributed by atoms with E-state index < -0.39 is 5.79 Å². The van der Waals surface area contributed by atoms with Crippen molar-refractivity contribution in [3.63, 3.8) is 0 Å². The fourth-order valence-corrected chi connectivity index (χ4v) is 4.24. The average molecular weight is 373 g/mol. The van der Waals surface area contributed by atoms with Crippen LogP contribution in [0.25, 0.3) is 0 Å². The topological polar surface area (TPSA) is 72.0 Å². The van der Waals surface area contributed by atoms with Crippen LogP contribution in [0.15, 0.2) is 18.3 Å². The lowest BCUT2D eigenvalue weighted by atomic mass is 10.00. The molecule has 3 aliphatic heterocycles. The first-order valence-electron chi connectivity index (χ1n) is 9.89. The molecule has 3 fully saturated rings. The molecule has 0 aromatic carbocycles. The molecule has 1 aromatic rings. The normalized spacial score (nSPS) is 25.0. The number of amides is 2. The minimum absolute atomic E-state index is 0.0636. The maximum absolute atomic E-state index is 12.9. The standard InChI is InChI=1S/C20H27N3O4/c1-15-3-2-8-23(14-15)19(25)17-13-16(4-7-21-17)18(24)22-9-5-20(6-10-22)26-11-12-27-20/h4,7,13,15H,2-3,5-6,8-12,14H2,1H3. The zero-order valence-corrected chi connectivity index (χ0v) is 15.9. The Balaban J connectivity index is 1.42. The monoisotopic (exact) mass is 373 g/mol. The number of pyridine rings is 1. The van der Waals surface area contributed by atoms with E-state index in [0.29, 0.717) is 56.3 Å². The summed E-state index contributed by atoms with van der Waals surface area (Å²) in [6.07, 6.45) is 5.09. The first kappa shape index (κ1) is 18.4. The molecule has 4 rings (SSSR count). The maximum Gasteiger partial charge on any atom is 0.272 e. The van der Waals surface area contributed by atoms with Gasteiger partial charge in [0.05, 0.1) is 13.2 Å². The van der Waals surface area contributed by atoms with Gasteiger partial charge in [-0.3, -0.25) is 14.6 Å². The first-order valence-corrected chi connectivity index (χ1v) is 9.89. The third-order valence-electron chi connectivity index (χ3n) is 5.80. The molecular formula is C20H27N3O4. The molecule has 1 aromatic heterocycles. The molecule has 1 spiro atoms. The molecule has 3 saturated heterocycles. The van der Waals surface area contributed by atoms with Crippen LogP contribution in [0.5, 0.6) is 0 Å². The highest BCUT2D eigenvalue weighted by Crippen LogP contribution is 2.31. The second-order valence-corrected chi connectivity index (χ2v) is 7.83. The van der Waals surface area contributed by atoms with E-state index in [0.717, 1.165) is 25.9 Å². The predicted octanol–water partition coefficient (Wildman–Crippen LogP) is 1.93. The largest absolute Gasteiger partial charge is 0.347 e. The minimum atomic E-state index is -0.499. The number of carbonyl (C=O) groups is 2. The van der Waals surface area contributed by atoms with E-state index in [-0.39, 0.29) is 11.8 Å². The summed E-state index contributed by atoms with van der Waals surface area (Å²) in [5.41, 5.74) is 0.869. The van der Waals surface area contributed by atoms with Gasteiger partial charge < -0.3 is 19.3 Å². The number of carbonyl (C=O) groups excluding carboxylic acids is 2. The molecule has 146 valence electrons. The van der Waals surface area contributed by atoms with E-state index in [4.69, 9.17) is 9.47 Å². The van der Waals surface area contributed by atoms with E-state index in [1.807, 2.05) is 9.80 Å². The lowest BCUT2D eigenvalue weighted by Crippen LogP contribution is -2.47. The zero-order valence-electron chi connectivity index (χ0n) is 15.9. The summed E-state index contributed by atoms with van der Waals surface area (Å²) < 4.78 is 11.4. The lowest BCUT2D eigenvalue weighted by Gasteiger charge is -2.37. The predicted molar refractivity (Wildman–Crippen MR) is 98.3 cm³/mol. The number of nitrogens with zero attached hydrogens (tertiary/aromatic N) is 3. The Hall–Kier alpha value is -1.99. The Morgan fingerprint density at radius 1 is 1.11 bits per heavy atom. The lowest BCUT2D eigenvalue weighted by molar-refractivity contribution is -0.181. The first-order chi connectivity index (χ1) is 13.1. The molecule has 0 N–H and O–H groups in total. The molecule has 3 aliphatic rings. The molecular weight excluding hydrogens is 346 g/mol. The van der Waals surface area contributed by atoms with Crippen molar-refractivity contribution >= 4 is 11.8 Å². The Morgan fingerprint density at radius 3 is 2.56 bits per heavy atom. The average Bonchev–Trinajstić information content (AvgIpc) is 3.15. The summed E-state index contributed by atoms with van der Waals surface area (Å²) in [7, 11) is 0. The highest BCUT2D eigenvalue weighted by atomic mass is 16.7. The molecule has 4 heterocycles. The van der Waals surface area contributed by atoms with Crippen LogP contribution < -0.4 is 0 Å². The van der Waals surface area contributed by atoms with Crippen molar-refractivity contribution in [3.05, 3.63) is 29.6 Å². The van der Waals surface area contributed by atoms with Crippen LogP contribution in [0.4, 0.5) is 0 Å². The maximum atomic E-state index is 12.9. The smallest absolute Gasteiger partial charge is 0.272 e. The van der Waals surface area contributed by atoms with Crippen molar-refractivity contribution < 1.29 is 19.1 Å². The van der Waals surface area contributed by atoms with Crippen molar-refractivity contribution in [1.29, 1.82) is 0 Å². The minimum Gasteiger partial charge on any atom is -0.347 e. The molecule has 0 saturated carbocycles. The molecule has 1 atom stereocenters. The number of rotatable bonds is 2. The summed E-state index contributed by atoms with van der Waals surface area (Å²) >= 11 is 0. The van der Waals surface area contributed by atoms with E-state index in [1.165, 1.54) is 0 Å². The molecule has 7 nitrogen and oxygen atoms in total. The van der Waals surface area contributed by atoms with Gasteiger partial charge in [0.1, 0.15) is 5.69 Å². The third kappa shape index (κ3) is 3.84. The van der Waals surface area contributed by atoms with Gasteiger partial charge in [-0.25, -0.2) is 0 Å². The van der Waals surface area contributed by atoms with Crippen molar-refractivity contribution in [2.75, 3.05) is 39.4 Å². The molecule has 0 radical (unpaired) electrons. The van der Waals surface area contributed by atoms with Crippen LogP contribution in [-0.2, 0) is 9.47 Å². The van der Waals surface area contributed by atoms with Gasteiger partial charge in [0.15, 0.2) is 5.79 Å². The summed E-state index contributed by atoms with van der Waals surface area (Å²) in [6, 6.07) is 3.32. The van der Waals surface area contributed by atoms with Gasteiger partial charge in [0.2, 0.25) is 0 Å². The van der Waals surface area contributed by atoms with Crippen molar-refractivity contribution in [3.8, 4) is 0 Å². The van der Waals surface area contributed by atoms with E-state index in [2.05, 4.69) is 11.9 Å². The SMILES string of the molecule is CC1CCCN(C(=O)c2cc(C(=O)N3CCC4(CC3)OCCO4)ccn2)C1. The van der Waals surface area contributed by atoms with Crippen molar-refractivity contribution in [2.45, 2.75) is 38.4 Å². The summed E-state index contributed by atoms with van der Waals surface area (Å²) in [5.74, 6) is -0.137. The molecule has 1 unspecified atom stereocenters. The number of hydrogen-bond donors (Lipinski definition) is 0. The zero-order chi connectivity index (χ0) is 18.9. The Bertz CT molecular complexity index is 707. The highest BCUT2D eigenvalue weighted by Gasteiger charge is 2.41. The molecule has 7 heteroatoms. The van der Waals surface area contributed by atoms with Gasteiger partial charge in [-0.15, -0.1) is 0 Å². The number of ether oxygens (including phenoxy) is 2. The number of aromatic nitrogens is 1. The summed E-state index contributed by atoms with van der Waals surface area (Å²) in [5, 5.41) is 0. The van der Waals surface area contributed by atoms with Crippen LogP contribution in [0.2, 0.25) is 0 Å². The molecule has 2 amide bonds. The fourth-order valence-electron chi connectivity index (χ4n) is 4.24. The molecule has 27 heavy (non-hydrogen) atoms. The van der Waals surface area contributed by atoms with Gasteiger partial charge in [-0.05, 0) is 30.9 Å². The van der Waals surface area contributed by atoms with Gasteiger partial charge in [0.25, 0.3) is 11.8 Å². The number of piperidine rings is 2. The Labute approximate surface area is 159 Å². The van der Waals surface area contributed by atoms with E-state index in [9.17, 15) is 9.59 Å². The van der Waals surface area contributed by atoms with Crippen LogP contribution >= 0.6 is 0 Å². The van der Waals surface area contributed by atoms with Crippen molar-refractivity contribution in [1.82, 2.24) is 14.8 Å². The second kappa shape index (κ2) is 7.56. The van der Waals surface area contributed by atoms with Crippen LogP contribution in [0, 0.1) is 5.92 Å². The second-order valence-electron chi connectivity index (χ2n) is 7.83.